The van der Waals surface area contributed by atoms with E-state index in [-0.39, 0.29) is 12.5 Å². The molecule has 4 rings (SSSR count). The van der Waals surface area contributed by atoms with Crippen molar-refractivity contribution in [2.45, 2.75) is 38.9 Å². The molecule has 2 heterocycles. The fourth-order valence-electron chi connectivity index (χ4n) is 3.76. The van der Waals surface area contributed by atoms with Gasteiger partial charge < -0.3 is 14.8 Å². The molecule has 0 spiro atoms. The van der Waals surface area contributed by atoms with E-state index in [1.165, 1.54) is 4.57 Å². The third kappa shape index (κ3) is 4.11. The first-order valence-electron chi connectivity index (χ1n) is 10.2. The van der Waals surface area contributed by atoms with Crippen LogP contribution in [0.2, 0.25) is 0 Å². The number of aromatic nitrogens is 1. The second-order valence-corrected chi connectivity index (χ2v) is 8.74. The van der Waals surface area contributed by atoms with Gasteiger partial charge in [0.05, 0.1) is 5.69 Å². The minimum Gasteiger partial charge on any atom is -0.443 e. The fraction of sp³-hybridized carbons (Fsp3) is 0.280. The molecule has 1 atom stereocenters. The number of nitrogens with zero attached hydrogens (tertiary/aromatic N) is 1. The SMILES string of the molecule is CC(C)(C)OC(=O)n1cccc1-c1ccc2c(c1)C(C)(c1ccccc1)OCC(=O)N2. The molecule has 0 radical (unpaired) electrons. The average Bonchev–Trinajstić information content (AvgIpc) is 3.17. The monoisotopic (exact) mass is 418 g/mol. The second kappa shape index (κ2) is 7.71. The van der Waals surface area contributed by atoms with E-state index >= 15 is 0 Å². The summed E-state index contributed by atoms with van der Waals surface area (Å²) in [5.74, 6) is -0.203. The fourth-order valence-corrected chi connectivity index (χ4v) is 3.76. The van der Waals surface area contributed by atoms with Crippen molar-refractivity contribution in [3.63, 3.8) is 0 Å². The molecule has 0 aliphatic carbocycles. The summed E-state index contributed by atoms with van der Waals surface area (Å²) in [7, 11) is 0. The molecule has 1 amide bonds. The van der Waals surface area contributed by atoms with Crippen LogP contribution in [0, 0.1) is 0 Å². The van der Waals surface area contributed by atoms with Gasteiger partial charge in [-0.05, 0) is 63.1 Å². The van der Waals surface area contributed by atoms with Crippen LogP contribution in [0.15, 0.2) is 66.9 Å². The predicted octanol–water partition coefficient (Wildman–Crippen LogP) is 5.17. The molecule has 1 N–H and O–H groups in total. The molecular formula is C25H26N2O4. The van der Waals surface area contributed by atoms with E-state index in [2.05, 4.69) is 5.32 Å². The Hall–Kier alpha value is -3.38. The van der Waals surface area contributed by atoms with Gasteiger partial charge in [0, 0.05) is 17.4 Å². The summed E-state index contributed by atoms with van der Waals surface area (Å²) >= 11 is 0. The van der Waals surface area contributed by atoms with Gasteiger partial charge >= 0.3 is 6.09 Å². The molecule has 0 fully saturated rings. The van der Waals surface area contributed by atoms with Crippen LogP contribution in [0.1, 0.15) is 38.8 Å². The largest absolute Gasteiger partial charge is 0.443 e. The molecule has 0 saturated carbocycles. The van der Waals surface area contributed by atoms with Crippen LogP contribution < -0.4 is 5.32 Å². The van der Waals surface area contributed by atoms with E-state index in [1.807, 2.05) is 82.3 Å². The minimum absolute atomic E-state index is 0.0519. The third-order valence-corrected chi connectivity index (χ3v) is 5.26. The number of nitrogens with one attached hydrogen (secondary N) is 1. The number of fused-ring (bicyclic) bond motifs is 1. The van der Waals surface area contributed by atoms with Crippen molar-refractivity contribution in [2.24, 2.45) is 0 Å². The van der Waals surface area contributed by atoms with Gasteiger partial charge in [0.25, 0.3) is 0 Å². The molecule has 1 aliphatic rings. The summed E-state index contributed by atoms with van der Waals surface area (Å²) in [5, 5.41) is 2.93. The van der Waals surface area contributed by atoms with Gasteiger partial charge in [-0.1, -0.05) is 36.4 Å². The number of carbonyl (C=O) groups is 2. The van der Waals surface area contributed by atoms with E-state index in [0.717, 1.165) is 16.7 Å². The van der Waals surface area contributed by atoms with Crippen LogP contribution in [0.4, 0.5) is 10.5 Å². The lowest BCUT2D eigenvalue weighted by Gasteiger charge is -2.30. The number of amides is 1. The molecule has 160 valence electrons. The Morgan fingerprint density at radius 2 is 1.84 bits per heavy atom. The molecule has 31 heavy (non-hydrogen) atoms. The summed E-state index contributed by atoms with van der Waals surface area (Å²) in [6.45, 7) is 7.41. The summed E-state index contributed by atoms with van der Waals surface area (Å²) in [6, 6.07) is 19.2. The van der Waals surface area contributed by atoms with E-state index in [9.17, 15) is 9.59 Å². The smallest absolute Gasteiger partial charge is 0.418 e. The van der Waals surface area contributed by atoms with Gasteiger partial charge in [-0.2, -0.15) is 0 Å². The zero-order valence-electron chi connectivity index (χ0n) is 18.1. The zero-order valence-corrected chi connectivity index (χ0v) is 18.1. The van der Waals surface area contributed by atoms with Crippen molar-refractivity contribution in [2.75, 3.05) is 11.9 Å². The van der Waals surface area contributed by atoms with Gasteiger partial charge in [-0.3, -0.25) is 9.36 Å². The number of hydrogen-bond donors (Lipinski definition) is 1. The lowest BCUT2D eigenvalue weighted by molar-refractivity contribution is -0.124. The standard InChI is InChI=1S/C25H26N2O4/c1-24(2,3)31-23(29)27-14-8-11-21(27)17-12-13-20-19(15-17)25(4,30-16-22(28)26-20)18-9-6-5-7-10-18/h5-15H,16H2,1-4H3,(H,26,28). The van der Waals surface area contributed by atoms with Crippen LogP contribution in [0.25, 0.3) is 11.3 Å². The Morgan fingerprint density at radius 3 is 2.55 bits per heavy atom. The molecular weight excluding hydrogens is 392 g/mol. The van der Waals surface area contributed by atoms with Crippen molar-refractivity contribution < 1.29 is 19.1 Å². The number of carbonyl (C=O) groups excluding carboxylic acids is 2. The van der Waals surface area contributed by atoms with Crippen molar-refractivity contribution in [3.05, 3.63) is 78.0 Å². The highest BCUT2D eigenvalue weighted by Gasteiger charge is 2.36. The number of benzene rings is 2. The van der Waals surface area contributed by atoms with Crippen LogP contribution in [-0.2, 0) is 19.9 Å². The summed E-state index contributed by atoms with van der Waals surface area (Å²) in [5.41, 5.74) is 2.52. The van der Waals surface area contributed by atoms with Gasteiger partial charge in [0.2, 0.25) is 5.91 Å². The van der Waals surface area contributed by atoms with Crippen molar-refractivity contribution in [1.82, 2.24) is 4.57 Å². The Bertz CT molecular complexity index is 1130. The first kappa shape index (κ1) is 20.9. The number of rotatable bonds is 2. The quantitative estimate of drug-likeness (QED) is 0.623. The molecule has 3 aromatic rings. The maximum absolute atomic E-state index is 12.7. The van der Waals surface area contributed by atoms with Gasteiger partial charge in [0.15, 0.2) is 0 Å². The molecule has 1 aliphatic heterocycles. The van der Waals surface area contributed by atoms with Gasteiger partial charge in [0.1, 0.15) is 17.8 Å². The van der Waals surface area contributed by atoms with Gasteiger partial charge in [-0.25, -0.2) is 4.79 Å². The number of hydrogen-bond acceptors (Lipinski definition) is 4. The van der Waals surface area contributed by atoms with Gasteiger partial charge in [-0.15, -0.1) is 0 Å². The van der Waals surface area contributed by atoms with Crippen LogP contribution >= 0.6 is 0 Å². The summed E-state index contributed by atoms with van der Waals surface area (Å²) in [6.07, 6.45) is 1.24. The zero-order chi connectivity index (χ0) is 22.2. The van der Waals surface area contributed by atoms with Crippen LogP contribution in [-0.4, -0.2) is 28.8 Å². The normalized spacial score (nSPS) is 18.6. The number of anilines is 1. The molecule has 0 bridgehead atoms. The predicted molar refractivity (Wildman–Crippen MR) is 119 cm³/mol. The molecule has 1 unspecified atom stereocenters. The first-order valence-corrected chi connectivity index (χ1v) is 10.2. The minimum atomic E-state index is -0.838. The topological polar surface area (TPSA) is 69.6 Å². The molecule has 6 nitrogen and oxygen atoms in total. The van der Waals surface area contributed by atoms with Crippen molar-refractivity contribution in [3.8, 4) is 11.3 Å². The van der Waals surface area contributed by atoms with Crippen molar-refractivity contribution in [1.29, 1.82) is 0 Å². The molecule has 0 saturated heterocycles. The lowest BCUT2D eigenvalue weighted by atomic mass is 9.85. The summed E-state index contributed by atoms with van der Waals surface area (Å²) in [4.78, 5) is 25.0. The average molecular weight is 418 g/mol. The first-order chi connectivity index (χ1) is 14.7. The third-order valence-electron chi connectivity index (χ3n) is 5.26. The Morgan fingerprint density at radius 1 is 1.10 bits per heavy atom. The number of ether oxygens (including phenoxy) is 2. The van der Waals surface area contributed by atoms with E-state index in [4.69, 9.17) is 9.47 Å². The molecule has 6 heteroatoms. The second-order valence-electron chi connectivity index (χ2n) is 8.74. The highest BCUT2D eigenvalue weighted by atomic mass is 16.6. The maximum atomic E-state index is 12.7. The summed E-state index contributed by atoms with van der Waals surface area (Å²) < 4.78 is 13.2. The highest BCUT2D eigenvalue weighted by Crippen LogP contribution is 2.41. The van der Waals surface area contributed by atoms with E-state index in [0.29, 0.717) is 11.4 Å². The highest BCUT2D eigenvalue weighted by molar-refractivity contribution is 5.94. The molecule has 1 aromatic heterocycles. The van der Waals surface area contributed by atoms with Crippen LogP contribution in [0.3, 0.4) is 0 Å². The maximum Gasteiger partial charge on any atom is 0.418 e. The van der Waals surface area contributed by atoms with E-state index in [1.54, 1.807) is 12.3 Å². The van der Waals surface area contributed by atoms with Crippen molar-refractivity contribution >= 4 is 17.7 Å². The van der Waals surface area contributed by atoms with Crippen LogP contribution in [0.5, 0.6) is 0 Å². The lowest BCUT2D eigenvalue weighted by Crippen LogP contribution is -2.28. The van der Waals surface area contributed by atoms with E-state index < -0.39 is 17.3 Å². The Balaban J connectivity index is 1.82. The Labute approximate surface area is 181 Å². The molecule has 2 aromatic carbocycles. The Kier molecular flexibility index (Phi) is 5.19.